The average Bonchev–Trinajstić information content (AvgIpc) is 2.75. The number of thiophene rings is 1. The van der Waals surface area contributed by atoms with Crippen molar-refractivity contribution >= 4 is 44.7 Å². The van der Waals surface area contributed by atoms with Crippen molar-refractivity contribution in [2.24, 2.45) is 0 Å². The monoisotopic (exact) mass is 304 g/mol. The Morgan fingerprint density at radius 3 is 2.73 bits per heavy atom. The largest absolute Gasteiger partial charge is 0.454 e. The molecule has 0 unspecified atom stereocenters. The Morgan fingerprint density at radius 1 is 1.40 bits per heavy atom. The van der Waals surface area contributed by atoms with Gasteiger partial charge in [0, 0.05) is 0 Å². The molecule has 0 bridgehead atoms. The smallest absolute Gasteiger partial charge is 0.180 e. The molecule has 2 aromatic rings. The van der Waals surface area contributed by atoms with E-state index in [9.17, 15) is 4.79 Å². The third-order valence-electron chi connectivity index (χ3n) is 1.81. The minimum Gasteiger partial charge on any atom is -0.454 e. The number of carbonyl (C=O) groups is 1. The van der Waals surface area contributed by atoms with Crippen molar-refractivity contribution in [1.29, 1.82) is 0 Å². The highest BCUT2D eigenvalue weighted by Gasteiger charge is 2.11. The normalized spacial score (nSPS) is 10.5. The fourth-order valence-corrected chi connectivity index (χ4v) is 2.48. The third kappa shape index (κ3) is 2.71. The zero-order chi connectivity index (χ0) is 10.8. The van der Waals surface area contributed by atoms with Crippen LogP contribution in [-0.4, -0.2) is 5.78 Å². The minimum absolute atomic E-state index is 0.0220. The molecular formula is C10H6BrClO2S. The number of rotatable bonds is 3. The van der Waals surface area contributed by atoms with E-state index in [0.29, 0.717) is 19.6 Å². The molecule has 0 N–H and O–H groups in total. The van der Waals surface area contributed by atoms with Gasteiger partial charge in [0.05, 0.1) is 15.6 Å². The Kier molecular flexibility index (Phi) is 3.29. The molecule has 0 aromatic carbocycles. The highest BCUT2D eigenvalue weighted by molar-refractivity contribution is 9.10. The number of ketones is 1. The summed E-state index contributed by atoms with van der Waals surface area (Å²) in [7, 11) is 0. The Morgan fingerprint density at radius 2 is 2.20 bits per heavy atom. The first kappa shape index (κ1) is 10.9. The van der Waals surface area contributed by atoms with E-state index in [1.807, 2.05) is 0 Å². The van der Waals surface area contributed by atoms with Gasteiger partial charge >= 0.3 is 0 Å². The molecule has 0 aliphatic rings. The van der Waals surface area contributed by atoms with Gasteiger partial charge in [-0.15, -0.1) is 11.3 Å². The molecule has 0 amide bonds. The van der Waals surface area contributed by atoms with Gasteiger partial charge < -0.3 is 4.42 Å². The van der Waals surface area contributed by atoms with Gasteiger partial charge in [-0.1, -0.05) is 11.6 Å². The highest BCUT2D eigenvalue weighted by atomic mass is 79.9. The van der Waals surface area contributed by atoms with Gasteiger partial charge in [-0.2, -0.15) is 0 Å². The van der Waals surface area contributed by atoms with Crippen LogP contribution in [0.4, 0.5) is 0 Å². The molecule has 0 fully saturated rings. The van der Waals surface area contributed by atoms with E-state index in [1.165, 1.54) is 11.3 Å². The zero-order valence-electron chi connectivity index (χ0n) is 7.50. The molecule has 2 nitrogen and oxygen atoms in total. The van der Waals surface area contributed by atoms with Gasteiger partial charge in [0.25, 0.3) is 0 Å². The van der Waals surface area contributed by atoms with E-state index >= 15 is 0 Å². The first-order valence-corrected chi connectivity index (χ1v) is 6.16. The highest BCUT2D eigenvalue weighted by Crippen LogP contribution is 2.23. The quantitative estimate of drug-likeness (QED) is 0.796. The summed E-state index contributed by atoms with van der Waals surface area (Å²) in [6.45, 7) is 0. The third-order valence-corrected chi connectivity index (χ3v) is 3.51. The van der Waals surface area contributed by atoms with E-state index in [1.54, 1.807) is 24.3 Å². The molecule has 0 atom stereocenters. The van der Waals surface area contributed by atoms with E-state index in [2.05, 4.69) is 15.9 Å². The fraction of sp³-hybridized carbons (Fsp3) is 0.100. The van der Waals surface area contributed by atoms with Crippen molar-refractivity contribution in [2.45, 2.75) is 6.42 Å². The van der Waals surface area contributed by atoms with Crippen LogP contribution in [0.5, 0.6) is 0 Å². The maximum atomic E-state index is 11.7. The minimum atomic E-state index is 0.0220. The first-order chi connectivity index (χ1) is 7.15. The Hall–Kier alpha value is -0.580. The van der Waals surface area contributed by atoms with Crippen molar-refractivity contribution in [2.75, 3.05) is 0 Å². The van der Waals surface area contributed by atoms with Crippen LogP contribution in [-0.2, 0) is 6.42 Å². The zero-order valence-corrected chi connectivity index (χ0v) is 10.7. The van der Waals surface area contributed by atoms with E-state index in [-0.39, 0.29) is 12.2 Å². The molecule has 0 spiro atoms. The Bertz CT molecular complexity index is 489. The Labute approximate surface area is 104 Å². The van der Waals surface area contributed by atoms with Gasteiger partial charge in [-0.3, -0.25) is 4.79 Å². The predicted molar refractivity (Wildman–Crippen MR) is 63.8 cm³/mol. The lowest BCUT2D eigenvalue weighted by Crippen LogP contribution is -1.99. The van der Waals surface area contributed by atoms with Gasteiger partial charge in [-0.05, 0) is 40.2 Å². The molecule has 0 radical (unpaired) electrons. The lowest BCUT2D eigenvalue weighted by Gasteiger charge is -1.93. The lowest BCUT2D eigenvalue weighted by molar-refractivity contribution is 0.0990. The summed E-state index contributed by atoms with van der Waals surface area (Å²) in [5, 5.41) is 0. The number of carbonyl (C=O) groups excluding carboxylic acids is 1. The second kappa shape index (κ2) is 4.51. The van der Waals surface area contributed by atoms with Gasteiger partial charge in [0.15, 0.2) is 10.5 Å². The number of halogens is 2. The van der Waals surface area contributed by atoms with Crippen LogP contribution in [0.2, 0.25) is 4.34 Å². The number of furan rings is 1. The van der Waals surface area contributed by atoms with Crippen LogP contribution in [0.3, 0.4) is 0 Å². The lowest BCUT2D eigenvalue weighted by atomic mass is 10.2. The first-order valence-electron chi connectivity index (χ1n) is 4.18. The van der Waals surface area contributed by atoms with Crippen molar-refractivity contribution < 1.29 is 9.21 Å². The maximum absolute atomic E-state index is 11.7. The summed E-state index contributed by atoms with van der Waals surface area (Å²) >= 11 is 10.2. The standard InChI is InChI=1S/C10H6BrClO2S/c11-9-3-1-6(14-9)5-7(13)8-2-4-10(12)15-8/h1-4H,5H2. The summed E-state index contributed by atoms with van der Waals surface area (Å²) in [4.78, 5) is 12.4. The number of hydrogen-bond donors (Lipinski definition) is 0. The fourth-order valence-electron chi connectivity index (χ4n) is 1.16. The van der Waals surface area contributed by atoms with Crippen LogP contribution in [0, 0.1) is 0 Å². The molecule has 5 heteroatoms. The van der Waals surface area contributed by atoms with Crippen molar-refractivity contribution in [3.8, 4) is 0 Å². The molecule has 2 heterocycles. The van der Waals surface area contributed by atoms with Crippen LogP contribution in [0.15, 0.2) is 33.4 Å². The Balaban J connectivity index is 2.10. The molecule has 78 valence electrons. The summed E-state index contributed by atoms with van der Waals surface area (Å²) in [6.07, 6.45) is 0.266. The summed E-state index contributed by atoms with van der Waals surface area (Å²) < 4.78 is 6.51. The summed E-state index contributed by atoms with van der Waals surface area (Å²) in [6, 6.07) is 6.99. The SMILES string of the molecule is O=C(Cc1ccc(Br)o1)c1ccc(Cl)s1. The van der Waals surface area contributed by atoms with Gasteiger partial charge in [-0.25, -0.2) is 0 Å². The molecule has 0 aliphatic carbocycles. The van der Waals surface area contributed by atoms with Crippen LogP contribution < -0.4 is 0 Å². The molecular weight excluding hydrogens is 300 g/mol. The summed E-state index contributed by atoms with van der Waals surface area (Å²) in [5.74, 6) is 0.671. The summed E-state index contributed by atoms with van der Waals surface area (Å²) in [5.41, 5.74) is 0. The van der Waals surface area contributed by atoms with Crippen molar-refractivity contribution in [1.82, 2.24) is 0 Å². The predicted octanol–water partition coefficient (Wildman–Crippen LogP) is 4.18. The molecule has 2 aromatic heterocycles. The molecule has 0 aliphatic heterocycles. The maximum Gasteiger partial charge on any atom is 0.180 e. The van der Waals surface area contributed by atoms with Crippen LogP contribution in [0.1, 0.15) is 15.4 Å². The van der Waals surface area contributed by atoms with Gasteiger partial charge in [0.1, 0.15) is 5.76 Å². The van der Waals surface area contributed by atoms with E-state index in [0.717, 1.165) is 0 Å². The number of Topliss-reactive ketones (excluding diaryl/α,β-unsaturated/α-hetero) is 1. The van der Waals surface area contributed by atoms with Crippen LogP contribution >= 0.6 is 38.9 Å². The van der Waals surface area contributed by atoms with Crippen molar-refractivity contribution in [3.63, 3.8) is 0 Å². The second-order valence-corrected chi connectivity index (χ2v) is 5.41. The van der Waals surface area contributed by atoms with Crippen molar-refractivity contribution in [3.05, 3.63) is 43.9 Å². The molecule has 0 saturated heterocycles. The van der Waals surface area contributed by atoms with E-state index in [4.69, 9.17) is 16.0 Å². The van der Waals surface area contributed by atoms with E-state index < -0.39 is 0 Å². The van der Waals surface area contributed by atoms with Crippen LogP contribution in [0.25, 0.3) is 0 Å². The topological polar surface area (TPSA) is 30.2 Å². The number of hydrogen-bond acceptors (Lipinski definition) is 3. The molecule has 0 saturated carbocycles. The average molecular weight is 306 g/mol. The molecule has 15 heavy (non-hydrogen) atoms. The molecule has 2 rings (SSSR count). The second-order valence-electron chi connectivity index (χ2n) is 2.91. The van der Waals surface area contributed by atoms with Gasteiger partial charge in [0.2, 0.25) is 0 Å².